The highest BCUT2D eigenvalue weighted by atomic mass is 19.4. The average molecular weight is 220 g/mol. The van der Waals surface area contributed by atoms with Crippen LogP contribution >= 0.6 is 0 Å². The monoisotopic (exact) mass is 220 g/mol. The highest BCUT2D eigenvalue weighted by Gasteiger charge is 2.33. The molecular weight excluding hydrogens is 209 g/mol. The van der Waals surface area contributed by atoms with Crippen LogP contribution in [0.4, 0.5) is 13.2 Å². The van der Waals surface area contributed by atoms with Crippen molar-refractivity contribution in [1.82, 2.24) is 4.98 Å². The zero-order valence-electron chi connectivity index (χ0n) is 8.35. The molecule has 1 aromatic rings. The van der Waals surface area contributed by atoms with Crippen LogP contribution in [-0.2, 0) is 6.54 Å². The molecule has 0 unspecified atom stereocenters. The van der Waals surface area contributed by atoms with Gasteiger partial charge < -0.3 is 10.5 Å². The number of alkyl halides is 3. The lowest BCUT2D eigenvalue weighted by Gasteiger charge is -2.15. The lowest BCUT2D eigenvalue weighted by molar-refractivity contribution is -0.275. The number of pyridine rings is 1. The fourth-order valence-corrected chi connectivity index (χ4v) is 1.23. The van der Waals surface area contributed by atoms with Crippen LogP contribution in [0.25, 0.3) is 0 Å². The Morgan fingerprint density at radius 3 is 2.47 bits per heavy atom. The van der Waals surface area contributed by atoms with Crippen LogP contribution in [0, 0.1) is 13.8 Å². The van der Waals surface area contributed by atoms with Gasteiger partial charge in [-0.3, -0.25) is 4.98 Å². The largest absolute Gasteiger partial charge is 0.573 e. The van der Waals surface area contributed by atoms with Gasteiger partial charge in [-0.1, -0.05) is 0 Å². The van der Waals surface area contributed by atoms with E-state index in [-0.39, 0.29) is 18.0 Å². The first-order valence-corrected chi connectivity index (χ1v) is 4.26. The minimum atomic E-state index is -4.72. The second kappa shape index (κ2) is 4.06. The van der Waals surface area contributed by atoms with Gasteiger partial charge in [0.2, 0.25) is 0 Å². The number of ether oxygens (including phenoxy) is 1. The molecule has 0 saturated heterocycles. The SMILES string of the molecule is Cc1cnc(C)c(OC(F)(F)F)c1CN. The summed E-state index contributed by atoms with van der Waals surface area (Å²) in [5, 5.41) is 0. The van der Waals surface area contributed by atoms with Crippen molar-refractivity contribution in [1.29, 1.82) is 0 Å². The zero-order valence-corrected chi connectivity index (χ0v) is 8.35. The summed E-state index contributed by atoms with van der Waals surface area (Å²) in [6, 6.07) is 0. The summed E-state index contributed by atoms with van der Waals surface area (Å²) in [5.41, 5.74) is 6.46. The maximum absolute atomic E-state index is 12.1. The molecule has 0 aliphatic carbocycles. The molecule has 6 heteroatoms. The van der Waals surface area contributed by atoms with E-state index in [0.29, 0.717) is 11.1 Å². The molecule has 15 heavy (non-hydrogen) atoms. The normalized spacial score (nSPS) is 11.6. The average Bonchev–Trinajstić information content (AvgIpc) is 2.10. The van der Waals surface area contributed by atoms with Gasteiger partial charge in [-0.25, -0.2) is 0 Å². The molecule has 0 atom stereocenters. The first-order valence-electron chi connectivity index (χ1n) is 4.26. The van der Waals surface area contributed by atoms with E-state index in [1.165, 1.54) is 13.1 Å². The Labute approximate surface area is 85.1 Å². The number of halogens is 3. The van der Waals surface area contributed by atoms with Crippen molar-refractivity contribution in [3.8, 4) is 5.75 Å². The van der Waals surface area contributed by atoms with E-state index in [9.17, 15) is 13.2 Å². The van der Waals surface area contributed by atoms with Crippen molar-refractivity contribution in [2.24, 2.45) is 5.73 Å². The molecule has 0 aliphatic heterocycles. The summed E-state index contributed by atoms with van der Waals surface area (Å²) in [7, 11) is 0. The number of aryl methyl sites for hydroxylation is 2. The smallest absolute Gasteiger partial charge is 0.403 e. The van der Waals surface area contributed by atoms with E-state index in [2.05, 4.69) is 9.72 Å². The van der Waals surface area contributed by atoms with Crippen molar-refractivity contribution in [2.45, 2.75) is 26.8 Å². The lowest BCUT2D eigenvalue weighted by atomic mass is 10.1. The van der Waals surface area contributed by atoms with Gasteiger partial charge in [0.1, 0.15) is 0 Å². The molecule has 3 nitrogen and oxygen atoms in total. The number of hydrogen-bond acceptors (Lipinski definition) is 3. The van der Waals surface area contributed by atoms with Crippen LogP contribution in [0.15, 0.2) is 6.20 Å². The molecule has 1 aromatic heterocycles. The van der Waals surface area contributed by atoms with Gasteiger partial charge in [0.05, 0.1) is 5.69 Å². The number of aromatic nitrogens is 1. The Hall–Kier alpha value is -1.30. The number of rotatable bonds is 2. The Bertz CT molecular complexity index is 363. The summed E-state index contributed by atoms with van der Waals surface area (Å²) >= 11 is 0. The molecule has 0 fully saturated rings. The summed E-state index contributed by atoms with van der Waals surface area (Å²) in [6.07, 6.45) is -3.25. The van der Waals surface area contributed by atoms with Gasteiger partial charge in [-0.05, 0) is 19.4 Å². The van der Waals surface area contributed by atoms with Crippen LogP contribution in [0.1, 0.15) is 16.8 Å². The standard InChI is InChI=1S/C9H11F3N2O/c1-5-4-14-6(2)8(7(5)3-13)15-9(10,11)12/h4H,3,13H2,1-2H3. The van der Waals surface area contributed by atoms with Crippen LogP contribution in [0.3, 0.4) is 0 Å². The molecule has 0 bridgehead atoms. The maximum atomic E-state index is 12.1. The molecule has 1 rings (SSSR count). The molecule has 1 heterocycles. The Morgan fingerprint density at radius 2 is 2.00 bits per heavy atom. The van der Waals surface area contributed by atoms with Crippen molar-refractivity contribution in [2.75, 3.05) is 0 Å². The van der Waals surface area contributed by atoms with Crippen LogP contribution in [0.2, 0.25) is 0 Å². The van der Waals surface area contributed by atoms with Gasteiger partial charge >= 0.3 is 6.36 Å². The van der Waals surface area contributed by atoms with E-state index < -0.39 is 6.36 Å². The predicted molar refractivity (Wildman–Crippen MR) is 48.3 cm³/mol. The van der Waals surface area contributed by atoms with Gasteiger partial charge in [0.15, 0.2) is 5.75 Å². The molecule has 0 saturated carbocycles. The van der Waals surface area contributed by atoms with Crippen molar-refractivity contribution < 1.29 is 17.9 Å². The molecule has 84 valence electrons. The molecule has 0 amide bonds. The Balaban J connectivity index is 3.20. The molecule has 0 aromatic carbocycles. The van der Waals surface area contributed by atoms with Crippen molar-refractivity contribution in [3.63, 3.8) is 0 Å². The summed E-state index contributed by atoms with van der Waals surface area (Å²) in [5.74, 6) is -0.287. The minimum absolute atomic E-state index is 0.0133. The van der Waals surface area contributed by atoms with E-state index in [1.54, 1.807) is 6.92 Å². The maximum Gasteiger partial charge on any atom is 0.573 e. The fraction of sp³-hybridized carbons (Fsp3) is 0.444. The van der Waals surface area contributed by atoms with Gasteiger partial charge in [0, 0.05) is 18.3 Å². The number of nitrogens with zero attached hydrogens (tertiary/aromatic N) is 1. The highest BCUT2D eigenvalue weighted by molar-refractivity contribution is 5.41. The van der Waals surface area contributed by atoms with E-state index >= 15 is 0 Å². The van der Waals surface area contributed by atoms with E-state index in [4.69, 9.17) is 5.73 Å². The summed E-state index contributed by atoms with van der Waals surface area (Å²) < 4.78 is 40.1. The third kappa shape index (κ3) is 2.82. The predicted octanol–water partition coefficient (Wildman–Crippen LogP) is 2.06. The van der Waals surface area contributed by atoms with Crippen molar-refractivity contribution >= 4 is 0 Å². The van der Waals surface area contributed by atoms with Crippen LogP contribution in [-0.4, -0.2) is 11.3 Å². The van der Waals surface area contributed by atoms with E-state index in [0.717, 1.165) is 0 Å². The number of nitrogens with two attached hydrogens (primary N) is 1. The highest BCUT2D eigenvalue weighted by Crippen LogP contribution is 2.30. The minimum Gasteiger partial charge on any atom is -0.403 e. The Morgan fingerprint density at radius 1 is 1.40 bits per heavy atom. The van der Waals surface area contributed by atoms with Crippen molar-refractivity contribution in [3.05, 3.63) is 23.0 Å². The number of hydrogen-bond donors (Lipinski definition) is 1. The summed E-state index contributed by atoms with van der Waals surface area (Å²) in [6.45, 7) is 3.07. The zero-order chi connectivity index (χ0) is 11.6. The summed E-state index contributed by atoms with van der Waals surface area (Å²) in [4.78, 5) is 3.79. The topological polar surface area (TPSA) is 48.1 Å². The molecule has 0 aliphatic rings. The molecule has 0 radical (unpaired) electrons. The third-order valence-electron chi connectivity index (χ3n) is 1.95. The second-order valence-electron chi connectivity index (χ2n) is 3.09. The first kappa shape index (κ1) is 11.8. The second-order valence-corrected chi connectivity index (χ2v) is 3.09. The molecular formula is C9H11F3N2O. The quantitative estimate of drug-likeness (QED) is 0.829. The molecule has 2 N–H and O–H groups in total. The van der Waals surface area contributed by atoms with Crippen LogP contribution < -0.4 is 10.5 Å². The Kier molecular flexibility index (Phi) is 3.18. The van der Waals surface area contributed by atoms with Crippen LogP contribution in [0.5, 0.6) is 5.75 Å². The van der Waals surface area contributed by atoms with E-state index in [1.807, 2.05) is 0 Å². The molecule has 0 spiro atoms. The third-order valence-corrected chi connectivity index (χ3v) is 1.95. The van der Waals surface area contributed by atoms with Gasteiger partial charge in [-0.15, -0.1) is 13.2 Å². The fourth-order valence-electron chi connectivity index (χ4n) is 1.23. The lowest BCUT2D eigenvalue weighted by Crippen LogP contribution is -2.20. The van der Waals surface area contributed by atoms with Gasteiger partial charge in [0.25, 0.3) is 0 Å². The van der Waals surface area contributed by atoms with Gasteiger partial charge in [-0.2, -0.15) is 0 Å². The first-order chi connectivity index (χ1) is 6.85.